The number of methoxy groups -OCH3 is 1. The molecule has 1 aromatic carbocycles. The molecular weight excluding hydrogens is 228 g/mol. The Morgan fingerprint density at radius 2 is 2.00 bits per heavy atom. The average molecular weight is 250 g/mol. The van der Waals surface area contributed by atoms with Gasteiger partial charge in [-0.1, -0.05) is 43.0 Å². The fraction of sp³-hybridized carbons (Fsp3) is 0.400. The molecule has 1 unspecified atom stereocenters. The summed E-state index contributed by atoms with van der Waals surface area (Å²) >= 11 is 0. The van der Waals surface area contributed by atoms with Gasteiger partial charge in [0.1, 0.15) is 0 Å². The van der Waals surface area contributed by atoms with Gasteiger partial charge in [0.2, 0.25) is 0 Å². The smallest absolute Gasteiger partial charge is 0.302 e. The van der Waals surface area contributed by atoms with Crippen LogP contribution in [0.25, 0.3) is 6.08 Å². The third-order valence-electron chi connectivity index (χ3n) is 2.27. The van der Waals surface area contributed by atoms with Crippen molar-refractivity contribution < 1.29 is 14.3 Å². The topological polar surface area (TPSA) is 35.5 Å². The summed E-state index contributed by atoms with van der Waals surface area (Å²) in [6, 6.07) is 10.0. The van der Waals surface area contributed by atoms with Crippen molar-refractivity contribution in [1.82, 2.24) is 0 Å². The molecule has 0 saturated heterocycles. The van der Waals surface area contributed by atoms with Gasteiger partial charge in [-0.25, -0.2) is 0 Å². The molecule has 0 aliphatic heterocycles. The van der Waals surface area contributed by atoms with Gasteiger partial charge in [0, 0.05) is 20.5 Å². The number of hydrogen-bond donors (Lipinski definition) is 0. The Kier molecular flexibility index (Phi) is 9.60. The number of ether oxygens (including phenoxy) is 2. The minimum atomic E-state index is -0.233. The molecule has 0 aliphatic carbocycles. The van der Waals surface area contributed by atoms with Gasteiger partial charge in [0.15, 0.2) is 0 Å². The van der Waals surface area contributed by atoms with Crippen molar-refractivity contribution in [1.29, 1.82) is 0 Å². The summed E-state index contributed by atoms with van der Waals surface area (Å²) in [5.41, 5.74) is 1.17. The number of hydrogen-bond acceptors (Lipinski definition) is 3. The van der Waals surface area contributed by atoms with E-state index in [2.05, 4.69) is 6.58 Å². The molecule has 18 heavy (non-hydrogen) atoms. The first-order chi connectivity index (χ1) is 8.60. The zero-order chi connectivity index (χ0) is 13.8. The maximum atomic E-state index is 10.3. The summed E-state index contributed by atoms with van der Waals surface area (Å²) in [5.74, 6) is -0.233. The van der Waals surface area contributed by atoms with Crippen molar-refractivity contribution in [2.45, 2.75) is 26.4 Å². The van der Waals surface area contributed by atoms with Gasteiger partial charge in [0.25, 0.3) is 0 Å². The third kappa shape index (κ3) is 9.60. The Morgan fingerprint density at radius 3 is 2.39 bits per heavy atom. The molecule has 1 atom stereocenters. The molecule has 100 valence electrons. The Morgan fingerprint density at radius 1 is 1.39 bits per heavy atom. The summed E-state index contributed by atoms with van der Waals surface area (Å²) in [4.78, 5) is 10.3. The van der Waals surface area contributed by atoms with E-state index in [0.717, 1.165) is 6.42 Å². The highest BCUT2D eigenvalue weighted by Crippen LogP contribution is 1.97. The lowest BCUT2D eigenvalue weighted by Gasteiger charge is -2.07. The van der Waals surface area contributed by atoms with E-state index in [-0.39, 0.29) is 12.1 Å². The highest BCUT2D eigenvalue weighted by atomic mass is 16.5. The molecule has 0 bridgehead atoms. The molecule has 0 radical (unpaired) electrons. The monoisotopic (exact) mass is 250 g/mol. The molecule has 0 spiro atoms. The second kappa shape index (κ2) is 10.5. The van der Waals surface area contributed by atoms with Crippen molar-refractivity contribution >= 4 is 12.0 Å². The van der Waals surface area contributed by atoms with E-state index in [4.69, 9.17) is 9.47 Å². The summed E-state index contributed by atoms with van der Waals surface area (Å²) in [7, 11) is 1.64. The molecule has 1 rings (SSSR count). The first kappa shape index (κ1) is 16.4. The Labute approximate surface area is 109 Å². The molecule has 0 heterocycles. The molecule has 0 aromatic heterocycles. The van der Waals surface area contributed by atoms with E-state index in [1.54, 1.807) is 7.11 Å². The van der Waals surface area contributed by atoms with Gasteiger partial charge in [0.05, 0.1) is 12.7 Å². The summed E-state index contributed by atoms with van der Waals surface area (Å²) in [6.07, 6.45) is 2.76. The van der Waals surface area contributed by atoms with E-state index in [0.29, 0.717) is 6.61 Å². The summed E-state index contributed by atoms with van der Waals surface area (Å²) < 4.78 is 9.64. The molecule has 0 aliphatic rings. The second-order valence-electron chi connectivity index (χ2n) is 3.79. The molecule has 0 amide bonds. The van der Waals surface area contributed by atoms with Crippen LogP contribution in [0.4, 0.5) is 0 Å². The highest BCUT2D eigenvalue weighted by Gasteiger charge is 1.99. The van der Waals surface area contributed by atoms with Gasteiger partial charge in [-0.15, -0.1) is 0 Å². The largest absolute Gasteiger partial charge is 0.466 e. The fourth-order valence-electron chi connectivity index (χ4n) is 1.08. The Bertz CT molecular complexity index is 333. The van der Waals surface area contributed by atoms with E-state index < -0.39 is 0 Å². The highest BCUT2D eigenvalue weighted by molar-refractivity contribution is 5.65. The van der Waals surface area contributed by atoms with Gasteiger partial charge in [-0.2, -0.15) is 0 Å². The van der Waals surface area contributed by atoms with Crippen LogP contribution in [0.1, 0.15) is 25.8 Å². The first-order valence-corrected chi connectivity index (χ1v) is 5.93. The van der Waals surface area contributed by atoms with E-state index in [1.165, 1.54) is 12.5 Å². The lowest BCUT2D eigenvalue weighted by molar-refractivity contribution is -0.141. The molecule has 0 saturated carbocycles. The van der Waals surface area contributed by atoms with Crippen molar-refractivity contribution in [2.75, 3.05) is 13.7 Å². The van der Waals surface area contributed by atoms with E-state index in [1.807, 2.05) is 43.3 Å². The van der Waals surface area contributed by atoms with Gasteiger partial charge in [-0.3, -0.25) is 4.79 Å². The normalized spacial score (nSPS) is 10.8. The van der Waals surface area contributed by atoms with Gasteiger partial charge < -0.3 is 9.47 Å². The van der Waals surface area contributed by atoms with E-state index in [9.17, 15) is 4.79 Å². The van der Waals surface area contributed by atoms with Crippen molar-refractivity contribution in [2.24, 2.45) is 0 Å². The summed E-state index contributed by atoms with van der Waals surface area (Å²) in [6.45, 7) is 7.41. The van der Waals surface area contributed by atoms with Crippen LogP contribution in [0.15, 0.2) is 36.9 Å². The quantitative estimate of drug-likeness (QED) is 0.752. The molecule has 0 fully saturated rings. The molecule has 0 N–H and O–H groups in total. The number of benzene rings is 1. The first-order valence-electron chi connectivity index (χ1n) is 5.93. The van der Waals surface area contributed by atoms with Crippen LogP contribution in [0, 0.1) is 0 Å². The van der Waals surface area contributed by atoms with Gasteiger partial charge >= 0.3 is 5.97 Å². The zero-order valence-electron chi connectivity index (χ0n) is 11.4. The lowest BCUT2D eigenvalue weighted by Crippen LogP contribution is -2.10. The van der Waals surface area contributed by atoms with Crippen LogP contribution in [0.3, 0.4) is 0 Å². The third-order valence-corrected chi connectivity index (χ3v) is 2.27. The van der Waals surface area contributed by atoms with Crippen LogP contribution < -0.4 is 0 Å². The minimum absolute atomic E-state index is 0.166. The van der Waals surface area contributed by atoms with Gasteiger partial charge in [-0.05, 0) is 12.5 Å². The fourth-order valence-corrected chi connectivity index (χ4v) is 1.08. The predicted molar refractivity (Wildman–Crippen MR) is 74.3 cm³/mol. The average Bonchev–Trinajstić information content (AvgIpc) is 2.39. The Balaban J connectivity index is 0.000000327. The standard InChI is InChI=1S/C8H8.C7H14O3/c1-2-8-6-4-3-5-7-8;1-6(9-3)4-5-10-7(2)8/h2-7H,1H2;6H,4-5H2,1-3H3. The van der Waals surface area contributed by atoms with Crippen molar-refractivity contribution in [3.05, 3.63) is 42.5 Å². The van der Waals surface area contributed by atoms with Crippen LogP contribution in [0.5, 0.6) is 0 Å². The minimum Gasteiger partial charge on any atom is -0.466 e. The predicted octanol–water partition coefficient (Wildman–Crippen LogP) is 3.30. The molecule has 1 aromatic rings. The van der Waals surface area contributed by atoms with E-state index >= 15 is 0 Å². The van der Waals surface area contributed by atoms with Crippen LogP contribution >= 0.6 is 0 Å². The van der Waals surface area contributed by atoms with Crippen LogP contribution in [0.2, 0.25) is 0 Å². The maximum Gasteiger partial charge on any atom is 0.302 e. The second-order valence-corrected chi connectivity index (χ2v) is 3.79. The van der Waals surface area contributed by atoms with Crippen LogP contribution in [-0.2, 0) is 14.3 Å². The molecule has 3 heteroatoms. The number of carbonyl (C=O) groups excluding carboxylic acids is 1. The Hall–Kier alpha value is -1.61. The molecular formula is C15H22O3. The van der Waals surface area contributed by atoms with Crippen LogP contribution in [-0.4, -0.2) is 25.8 Å². The SMILES string of the molecule is C=Cc1ccccc1.COC(C)CCOC(C)=O. The maximum absolute atomic E-state index is 10.3. The zero-order valence-corrected chi connectivity index (χ0v) is 11.4. The number of rotatable bonds is 5. The molecule has 3 nitrogen and oxygen atoms in total. The van der Waals surface area contributed by atoms with Crippen molar-refractivity contribution in [3.63, 3.8) is 0 Å². The number of carbonyl (C=O) groups is 1. The lowest BCUT2D eigenvalue weighted by atomic mass is 10.2. The number of esters is 1. The van der Waals surface area contributed by atoms with Crippen molar-refractivity contribution in [3.8, 4) is 0 Å². The summed E-state index contributed by atoms with van der Waals surface area (Å²) in [5, 5.41) is 0.